The van der Waals surface area contributed by atoms with Crippen LogP contribution in [0.15, 0.2) is 24.3 Å². The summed E-state index contributed by atoms with van der Waals surface area (Å²) in [6.07, 6.45) is 1.38. The number of nitrogens with zero attached hydrogens (tertiary/aromatic N) is 1. The maximum absolute atomic E-state index is 11.2. The minimum Gasteiger partial charge on any atom is -0.494 e. The van der Waals surface area contributed by atoms with E-state index in [2.05, 4.69) is 6.92 Å². The molecule has 0 spiro atoms. The minimum absolute atomic E-state index is 0.00635. The molecule has 0 unspecified atom stereocenters. The van der Waals surface area contributed by atoms with Gasteiger partial charge in [-0.15, -0.1) is 0 Å². The first-order valence-electron chi connectivity index (χ1n) is 5.86. The molecule has 1 aromatic rings. The van der Waals surface area contributed by atoms with Gasteiger partial charge in [0.2, 0.25) is 0 Å². The van der Waals surface area contributed by atoms with Crippen LogP contribution in [0.3, 0.4) is 0 Å². The summed E-state index contributed by atoms with van der Waals surface area (Å²) in [5.74, 6) is 0.316. The number of nitriles is 1. The predicted octanol–water partition coefficient (Wildman–Crippen LogP) is 1.96. The third-order valence-corrected chi connectivity index (χ3v) is 3.96. The van der Waals surface area contributed by atoms with E-state index in [1.54, 1.807) is 6.07 Å². The molecule has 0 radical (unpaired) electrons. The zero-order valence-electron chi connectivity index (χ0n) is 10.4. The highest BCUT2D eigenvalue weighted by atomic mass is 32.2. The van der Waals surface area contributed by atoms with Crippen molar-refractivity contribution in [2.75, 3.05) is 18.1 Å². The first-order valence-corrected chi connectivity index (χ1v) is 7.68. The van der Waals surface area contributed by atoms with E-state index in [0.29, 0.717) is 13.0 Å². The summed E-state index contributed by atoms with van der Waals surface area (Å²) in [5, 5.41) is 8.33. The molecule has 0 amide bonds. The quantitative estimate of drug-likeness (QED) is 0.708. The maximum atomic E-state index is 11.2. The molecule has 1 aromatic carbocycles. The van der Waals surface area contributed by atoms with E-state index in [4.69, 9.17) is 10.00 Å². The molecule has 5 heteroatoms. The Balaban J connectivity index is 2.32. The van der Waals surface area contributed by atoms with Gasteiger partial charge in [-0.2, -0.15) is 5.26 Å². The van der Waals surface area contributed by atoms with Gasteiger partial charge in [-0.1, -0.05) is 19.1 Å². The Labute approximate surface area is 108 Å². The molecule has 0 heterocycles. The number of aryl methyl sites for hydroxylation is 1. The van der Waals surface area contributed by atoms with Gasteiger partial charge < -0.3 is 4.74 Å². The van der Waals surface area contributed by atoms with Crippen molar-refractivity contribution >= 4 is 9.84 Å². The normalized spacial score (nSPS) is 10.9. The largest absolute Gasteiger partial charge is 0.494 e. The zero-order valence-corrected chi connectivity index (χ0v) is 11.2. The van der Waals surface area contributed by atoms with Gasteiger partial charge in [0.25, 0.3) is 0 Å². The van der Waals surface area contributed by atoms with Gasteiger partial charge in [0.05, 0.1) is 18.4 Å². The minimum atomic E-state index is -3.24. The van der Waals surface area contributed by atoms with Crippen molar-refractivity contribution in [3.05, 3.63) is 29.8 Å². The van der Waals surface area contributed by atoms with Crippen molar-refractivity contribution in [3.63, 3.8) is 0 Å². The zero-order chi connectivity index (χ0) is 13.4. The van der Waals surface area contributed by atoms with E-state index >= 15 is 0 Å². The van der Waals surface area contributed by atoms with Crippen molar-refractivity contribution in [2.45, 2.75) is 19.8 Å². The first kappa shape index (κ1) is 14.5. The fraction of sp³-hybridized carbons (Fsp3) is 0.462. The van der Waals surface area contributed by atoms with E-state index in [0.717, 1.165) is 12.2 Å². The van der Waals surface area contributed by atoms with Crippen LogP contribution in [0.4, 0.5) is 0 Å². The standard InChI is InChI=1S/C13H17NO3S/c1-2-12-4-6-13(7-5-12)17-9-3-10-18(15,16)11-8-14/h4-7H,2-3,9-11H2,1H3. The van der Waals surface area contributed by atoms with E-state index in [9.17, 15) is 8.42 Å². The molecular weight excluding hydrogens is 250 g/mol. The topological polar surface area (TPSA) is 67.2 Å². The van der Waals surface area contributed by atoms with Crippen molar-refractivity contribution in [3.8, 4) is 11.8 Å². The van der Waals surface area contributed by atoms with Gasteiger partial charge in [0.1, 0.15) is 11.5 Å². The number of ether oxygens (including phenoxy) is 1. The molecule has 0 aliphatic heterocycles. The Morgan fingerprint density at radius 2 is 1.94 bits per heavy atom. The number of hydrogen-bond donors (Lipinski definition) is 0. The predicted molar refractivity (Wildman–Crippen MR) is 70.2 cm³/mol. The van der Waals surface area contributed by atoms with Crippen LogP contribution in [0.5, 0.6) is 5.75 Å². The second-order valence-corrected chi connectivity index (χ2v) is 6.13. The van der Waals surface area contributed by atoms with Gasteiger partial charge in [-0.3, -0.25) is 0 Å². The molecule has 0 aliphatic carbocycles. The fourth-order valence-electron chi connectivity index (χ4n) is 1.46. The highest BCUT2D eigenvalue weighted by molar-refractivity contribution is 7.91. The summed E-state index contributed by atoms with van der Waals surface area (Å²) in [6, 6.07) is 9.38. The molecule has 98 valence electrons. The van der Waals surface area contributed by atoms with Gasteiger partial charge in [0.15, 0.2) is 9.84 Å². The Kier molecular flexibility index (Phi) is 5.66. The highest BCUT2D eigenvalue weighted by Crippen LogP contribution is 2.12. The van der Waals surface area contributed by atoms with E-state index < -0.39 is 15.6 Å². The molecule has 0 saturated heterocycles. The smallest absolute Gasteiger partial charge is 0.163 e. The monoisotopic (exact) mass is 267 g/mol. The summed E-state index contributed by atoms with van der Waals surface area (Å²) in [4.78, 5) is 0. The van der Waals surface area contributed by atoms with Crippen LogP contribution in [-0.4, -0.2) is 26.5 Å². The van der Waals surface area contributed by atoms with Crippen LogP contribution in [0, 0.1) is 11.3 Å². The molecule has 1 rings (SSSR count). The second kappa shape index (κ2) is 7.02. The van der Waals surface area contributed by atoms with Crippen molar-refractivity contribution in [1.82, 2.24) is 0 Å². The number of benzene rings is 1. The Hall–Kier alpha value is -1.54. The lowest BCUT2D eigenvalue weighted by atomic mass is 10.2. The SMILES string of the molecule is CCc1ccc(OCCCS(=O)(=O)CC#N)cc1. The number of hydrogen-bond acceptors (Lipinski definition) is 4. The highest BCUT2D eigenvalue weighted by Gasteiger charge is 2.09. The van der Waals surface area contributed by atoms with Crippen LogP contribution in [-0.2, 0) is 16.3 Å². The maximum Gasteiger partial charge on any atom is 0.163 e. The Bertz CT molecular complexity index is 500. The van der Waals surface area contributed by atoms with E-state index in [1.165, 1.54) is 5.56 Å². The molecule has 0 saturated carbocycles. The third kappa shape index (κ3) is 5.19. The van der Waals surface area contributed by atoms with Gasteiger partial charge in [-0.25, -0.2) is 8.42 Å². The second-order valence-electron chi connectivity index (χ2n) is 3.95. The molecule has 0 aromatic heterocycles. The molecule has 18 heavy (non-hydrogen) atoms. The van der Waals surface area contributed by atoms with E-state index in [-0.39, 0.29) is 5.75 Å². The third-order valence-electron chi connectivity index (χ3n) is 2.48. The molecule has 0 fully saturated rings. The van der Waals surface area contributed by atoms with Crippen LogP contribution >= 0.6 is 0 Å². The average Bonchev–Trinajstić information content (AvgIpc) is 2.35. The lowest BCUT2D eigenvalue weighted by molar-refractivity contribution is 0.317. The van der Waals surface area contributed by atoms with Gasteiger partial charge >= 0.3 is 0 Å². The van der Waals surface area contributed by atoms with E-state index in [1.807, 2.05) is 24.3 Å². The number of sulfone groups is 1. The molecule has 0 atom stereocenters. The van der Waals surface area contributed by atoms with Crippen molar-refractivity contribution < 1.29 is 13.2 Å². The Morgan fingerprint density at radius 1 is 1.28 bits per heavy atom. The first-order chi connectivity index (χ1) is 8.57. The van der Waals surface area contributed by atoms with Crippen LogP contribution in [0.25, 0.3) is 0 Å². The summed E-state index contributed by atoms with van der Waals surface area (Å²) in [5.41, 5.74) is 1.24. The molecular formula is C13H17NO3S. The molecule has 0 N–H and O–H groups in total. The van der Waals surface area contributed by atoms with Crippen LogP contribution in [0.1, 0.15) is 18.9 Å². The van der Waals surface area contributed by atoms with Crippen LogP contribution < -0.4 is 4.74 Å². The summed E-state index contributed by atoms with van der Waals surface area (Å²) in [6.45, 7) is 2.42. The van der Waals surface area contributed by atoms with Crippen LogP contribution in [0.2, 0.25) is 0 Å². The number of rotatable bonds is 7. The fourth-order valence-corrected chi connectivity index (χ4v) is 2.36. The summed E-state index contributed by atoms with van der Waals surface area (Å²) in [7, 11) is -3.24. The summed E-state index contributed by atoms with van der Waals surface area (Å²) < 4.78 is 27.9. The lowest BCUT2D eigenvalue weighted by Gasteiger charge is -2.06. The Morgan fingerprint density at radius 3 is 2.50 bits per heavy atom. The van der Waals surface area contributed by atoms with Crippen molar-refractivity contribution in [2.24, 2.45) is 0 Å². The lowest BCUT2D eigenvalue weighted by Crippen LogP contribution is -2.12. The summed E-state index contributed by atoms with van der Waals surface area (Å²) >= 11 is 0. The molecule has 0 aliphatic rings. The van der Waals surface area contributed by atoms with Gasteiger partial charge in [0, 0.05) is 0 Å². The molecule has 4 nitrogen and oxygen atoms in total. The van der Waals surface area contributed by atoms with Crippen molar-refractivity contribution in [1.29, 1.82) is 5.26 Å². The molecule has 0 bridgehead atoms. The average molecular weight is 267 g/mol. The van der Waals surface area contributed by atoms with Gasteiger partial charge in [-0.05, 0) is 30.5 Å².